The summed E-state index contributed by atoms with van der Waals surface area (Å²) >= 11 is 0. The van der Waals surface area contributed by atoms with Crippen molar-refractivity contribution in [3.05, 3.63) is 54.1 Å². The normalized spacial score (nSPS) is 11.1. The molecular weight excluding hydrogens is 248 g/mol. The minimum atomic E-state index is 0.792. The Labute approximate surface area is 118 Å². The van der Waals surface area contributed by atoms with Gasteiger partial charge in [0.1, 0.15) is 11.3 Å². The number of nitrogens with two attached hydrogens (primary N) is 1. The molecule has 2 N–H and O–H groups in total. The fourth-order valence-corrected chi connectivity index (χ4v) is 2.46. The summed E-state index contributed by atoms with van der Waals surface area (Å²) in [7, 11) is 0. The Morgan fingerprint density at radius 2 is 1.95 bits per heavy atom. The Kier molecular flexibility index (Phi) is 3.37. The molecule has 0 aliphatic heterocycles. The fourth-order valence-electron chi connectivity index (χ4n) is 2.46. The fraction of sp³-hybridized carbons (Fsp3) is 0.250. The summed E-state index contributed by atoms with van der Waals surface area (Å²) in [5, 5.41) is 0. The van der Waals surface area contributed by atoms with Crippen LogP contribution in [0.15, 0.2) is 42.7 Å². The van der Waals surface area contributed by atoms with Gasteiger partial charge in [-0.15, -0.1) is 0 Å². The number of hydrogen-bond donors (Lipinski definition) is 1. The number of hydrogen-bond acceptors (Lipinski definition) is 3. The highest BCUT2D eigenvalue weighted by Crippen LogP contribution is 2.18. The minimum Gasteiger partial charge on any atom is -0.399 e. The first-order valence-corrected chi connectivity index (χ1v) is 6.91. The number of pyridine rings is 1. The number of aryl methyl sites for hydroxylation is 1. The maximum absolute atomic E-state index is 5.73. The molecule has 2 heterocycles. The molecule has 4 heteroatoms. The molecule has 0 aliphatic carbocycles. The first-order chi connectivity index (χ1) is 9.78. The Hall–Kier alpha value is -2.36. The molecule has 2 aromatic heterocycles. The molecule has 0 aliphatic rings. The largest absolute Gasteiger partial charge is 0.399 e. The van der Waals surface area contributed by atoms with Gasteiger partial charge >= 0.3 is 0 Å². The van der Waals surface area contributed by atoms with Crippen LogP contribution in [0.2, 0.25) is 0 Å². The molecule has 3 rings (SSSR count). The standard InChI is InChI=1S/C16H18N4/c1-2-9-20-15-7-8-18-11-14(15)19-16(20)10-12-3-5-13(17)6-4-12/h3-8,11H,2,9-10,17H2,1H3. The highest BCUT2D eigenvalue weighted by atomic mass is 15.1. The van der Waals surface area contributed by atoms with E-state index in [1.807, 2.05) is 30.6 Å². The highest BCUT2D eigenvalue weighted by Gasteiger charge is 2.10. The summed E-state index contributed by atoms with van der Waals surface area (Å²) in [6.45, 7) is 3.16. The third-order valence-corrected chi connectivity index (χ3v) is 3.42. The lowest BCUT2D eigenvalue weighted by molar-refractivity contribution is 0.664. The highest BCUT2D eigenvalue weighted by molar-refractivity contribution is 5.74. The molecule has 0 saturated heterocycles. The van der Waals surface area contributed by atoms with Crippen molar-refractivity contribution in [3.8, 4) is 0 Å². The Balaban J connectivity index is 2.01. The molecular formula is C16H18N4. The third kappa shape index (κ3) is 2.37. The lowest BCUT2D eigenvalue weighted by Gasteiger charge is -2.08. The lowest BCUT2D eigenvalue weighted by atomic mass is 10.1. The van der Waals surface area contributed by atoms with Crippen molar-refractivity contribution in [2.24, 2.45) is 0 Å². The topological polar surface area (TPSA) is 56.7 Å². The number of imidazole rings is 1. The second kappa shape index (κ2) is 5.33. The average molecular weight is 266 g/mol. The van der Waals surface area contributed by atoms with Gasteiger partial charge in [0.15, 0.2) is 0 Å². The summed E-state index contributed by atoms with van der Waals surface area (Å²) in [4.78, 5) is 8.87. The molecule has 0 bridgehead atoms. The van der Waals surface area contributed by atoms with Gasteiger partial charge < -0.3 is 10.3 Å². The average Bonchev–Trinajstić information content (AvgIpc) is 2.80. The molecule has 0 saturated carbocycles. The van der Waals surface area contributed by atoms with Gasteiger partial charge in [0.2, 0.25) is 0 Å². The zero-order valence-corrected chi connectivity index (χ0v) is 11.6. The van der Waals surface area contributed by atoms with Gasteiger partial charge in [-0.1, -0.05) is 19.1 Å². The Bertz CT molecular complexity index is 713. The van der Waals surface area contributed by atoms with Crippen molar-refractivity contribution < 1.29 is 0 Å². The molecule has 20 heavy (non-hydrogen) atoms. The number of fused-ring (bicyclic) bond motifs is 1. The summed E-state index contributed by atoms with van der Waals surface area (Å²) in [6, 6.07) is 10.0. The van der Waals surface area contributed by atoms with Gasteiger partial charge in [-0.05, 0) is 30.2 Å². The SMILES string of the molecule is CCCn1c(Cc2ccc(N)cc2)nc2cnccc21. The third-order valence-electron chi connectivity index (χ3n) is 3.42. The second-order valence-electron chi connectivity index (χ2n) is 4.96. The number of anilines is 1. The van der Waals surface area contributed by atoms with Crippen LogP contribution in [0.3, 0.4) is 0 Å². The van der Waals surface area contributed by atoms with E-state index in [4.69, 9.17) is 10.7 Å². The quantitative estimate of drug-likeness (QED) is 0.738. The first-order valence-electron chi connectivity index (χ1n) is 6.91. The summed E-state index contributed by atoms with van der Waals surface area (Å²) in [5.74, 6) is 1.08. The summed E-state index contributed by atoms with van der Waals surface area (Å²) < 4.78 is 2.29. The van der Waals surface area contributed by atoms with E-state index in [2.05, 4.69) is 28.6 Å². The van der Waals surface area contributed by atoms with Crippen LogP contribution in [0.5, 0.6) is 0 Å². The summed E-state index contributed by atoms with van der Waals surface area (Å²) in [6.07, 6.45) is 5.55. The number of benzene rings is 1. The van der Waals surface area contributed by atoms with Crippen LogP contribution in [-0.4, -0.2) is 14.5 Å². The number of rotatable bonds is 4. The molecule has 1 aromatic carbocycles. The Morgan fingerprint density at radius 3 is 2.70 bits per heavy atom. The first kappa shape index (κ1) is 12.7. The van der Waals surface area contributed by atoms with Gasteiger partial charge in [-0.25, -0.2) is 4.98 Å². The molecule has 3 aromatic rings. The predicted octanol–water partition coefficient (Wildman–Crippen LogP) is 3.01. The number of aromatic nitrogens is 3. The van der Waals surface area contributed by atoms with E-state index in [1.165, 1.54) is 5.56 Å². The van der Waals surface area contributed by atoms with Crippen LogP contribution in [0.25, 0.3) is 11.0 Å². The molecule has 0 fully saturated rings. The van der Waals surface area contributed by atoms with Crippen LogP contribution >= 0.6 is 0 Å². The van der Waals surface area contributed by atoms with E-state index < -0.39 is 0 Å². The van der Waals surface area contributed by atoms with E-state index in [1.54, 1.807) is 0 Å². The van der Waals surface area contributed by atoms with Crippen molar-refractivity contribution >= 4 is 16.7 Å². The smallest absolute Gasteiger partial charge is 0.114 e. The van der Waals surface area contributed by atoms with Gasteiger partial charge in [-0.3, -0.25) is 4.98 Å². The molecule has 4 nitrogen and oxygen atoms in total. The molecule has 0 radical (unpaired) electrons. The maximum atomic E-state index is 5.73. The van der Waals surface area contributed by atoms with E-state index in [9.17, 15) is 0 Å². The van der Waals surface area contributed by atoms with Crippen LogP contribution in [0, 0.1) is 0 Å². The van der Waals surface area contributed by atoms with Crippen molar-refractivity contribution in [1.82, 2.24) is 14.5 Å². The maximum Gasteiger partial charge on any atom is 0.114 e. The Morgan fingerprint density at radius 1 is 1.15 bits per heavy atom. The van der Waals surface area contributed by atoms with Gasteiger partial charge in [0.25, 0.3) is 0 Å². The van der Waals surface area contributed by atoms with Crippen molar-refractivity contribution in [3.63, 3.8) is 0 Å². The van der Waals surface area contributed by atoms with Crippen LogP contribution in [-0.2, 0) is 13.0 Å². The summed E-state index contributed by atoms with van der Waals surface area (Å²) in [5.41, 5.74) is 9.87. The van der Waals surface area contributed by atoms with Crippen LogP contribution in [0.1, 0.15) is 24.7 Å². The van der Waals surface area contributed by atoms with Crippen molar-refractivity contribution in [1.29, 1.82) is 0 Å². The van der Waals surface area contributed by atoms with Crippen LogP contribution in [0.4, 0.5) is 5.69 Å². The number of nitrogen functional groups attached to an aromatic ring is 1. The zero-order valence-electron chi connectivity index (χ0n) is 11.6. The monoisotopic (exact) mass is 266 g/mol. The number of nitrogens with zero attached hydrogens (tertiary/aromatic N) is 3. The van der Waals surface area contributed by atoms with Gasteiger partial charge in [0, 0.05) is 24.8 Å². The van der Waals surface area contributed by atoms with E-state index in [0.29, 0.717) is 0 Å². The van der Waals surface area contributed by atoms with Gasteiger partial charge in [0.05, 0.1) is 11.7 Å². The van der Waals surface area contributed by atoms with Crippen LogP contribution < -0.4 is 5.73 Å². The molecule has 0 atom stereocenters. The van der Waals surface area contributed by atoms with Crippen molar-refractivity contribution in [2.45, 2.75) is 26.3 Å². The van der Waals surface area contributed by atoms with Crippen molar-refractivity contribution in [2.75, 3.05) is 5.73 Å². The van der Waals surface area contributed by atoms with E-state index in [0.717, 1.165) is 41.9 Å². The molecule has 102 valence electrons. The van der Waals surface area contributed by atoms with E-state index in [-0.39, 0.29) is 0 Å². The molecule has 0 amide bonds. The second-order valence-corrected chi connectivity index (χ2v) is 4.96. The predicted molar refractivity (Wildman–Crippen MR) is 81.5 cm³/mol. The minimum absolute atomic E-state index is 0.792. The van der Waals surface area contributed by atoms with Gasteiger partial charge in [-0.2, -0.15) is 0 Å². The zero-order chi connectivity index (χ0) is 13.9. The molecule has 0 spiro atoms. The van der Waals surface area contributed by atoms with E-state index >= 15 is 0 Å². The lowest BCUT2D eigenvalue weighted by Crippen LogP contribution is -2.04. The molecule has 0 unspecified atom stereocenters.